The van der Waals surface area contributed by atoms with E-state index < -0.39 is 6.10 Å². The summed E-state index contributed by atoms with van der Waals surface area (Å²) in [6.07, 6.45) is 3.38. The fraction of sp³-hybridized carbons (Fsp3) is 0.333. The Bertz CT molecular complexity index is 237. The molecular weight excluding hydrogens is 140 g/mol. The molecule has 1 heterocycles. The largest absolute Gasteiger partial charge is 0.469 e. The minimum absolute atomic E-state index is 0.466. The normalized spacial score (nSPS) is 12.9. The topological polar surface area (TPSA) is 33.4 Å². The van der Waals surface area contributed by atoms with E-state index in [1.54, 1.807) is 18.4 Å². The summed E-state index contributed by atoms with van der Waals surface area (Å²) in [4.78, 5) is 0. The van der Waals surface area contributed by atoms with Crippen molar-refractivity contribution in [3.63, 3.8) is 0 Å². The van der Waals surface area contributed by atoms with Gasteiger partial charge in [0.2, 0.25) is 0 Å². The van der Waals surface area contributed by atoms with Crippen molar-refractivity contribution >= 4 is 0 Å². The molecular formula is C9H12O2. The van der Waals surface area contributed by atoms with Crippen LogP contribution >= 0.6 is 0 Å². The Labute approximate surface area is 66.2 Å². The molecule has 0 bridgehead atoms. The Kier molecular flexibility index (Phi) is 2.49. The van der Waals surface area contributed by atoms with Gasteiger partial charge in [-0.3, -0.25) is 0 Å². The van der Waals surface area contributed by atoms with E-state index in [4.69, 9.17) is 4.42 Å². The molecule has 0 amide bonds. The van der Waals surface area contributed by atoms with Crippen molar-refractivity contribution in [1.82, 2.24) is 0 Å². The Hall–Kier alpha value is -1.02. The molecule has 0 aliphatic heterocycles. The van der Waals surface area contributed by atoms with Crippen molar-refractivity contribution in [2.45, 2.75) is 19.4 Å². The highest BCUT2D eigenvalue weighted by Crippen LogP contribution is 2.21. The molecule has 1 atom stereocenters. The van der Waals surface area contributed by atoms with Crippen molar-refractivity contribution in [3.05, 3.63) is 36.3 Å². The molecule has 1 N–H and O–H groups in total. The van der Waals surface area contributed by atoms with Crippen LogP contribution in [0.1, 0.15) is 23.8 Å². The van der Waals surface area contributed by atoms with Gasteiger partial charge >= 0.3 is 0 Å². The number of aryl methyl sites for hydroxylation is 1. The molecule has 0 aromatic carbocycles. The molecule has 2 nitrogen and oxygen atoms in total. The Morgan fingerprint density at radius 2 is 2.55 bits per heavy atom. The van der Waals surface area contributed by atoms with Gasteiger partial charge in [0.25, 0.3) is 0 Å². The zero-order valence-electron chi connectivity index (χ0n) is 6.58. The van der Waals surface area contributed by atoms with Gasteiger partial charge in [-0.2, -0.15) is 0 Å². The van der Waals surface area contributed by atoms with E-state index in [1.165, 1.54) is 0 Å². The van der Waals surface area contributed by atoms with Crippen LogP contribution in [-0.4, -0.2) is 5.11 Å². The summed E-state index contributed by atoms with van der Waals surface area (Å²) in [6, 6.07) is 1.78. The molecule has 1 aromatic heterocycles. The van der Waals surface area contributed by atoms with Gasteiger partial charge in [0.1, 0.15) is 5.76 Å². The lowest BCUT2D eigenvalue weighted by molar-refractivity contribution is 0.179. The van der Waals surface area contributed by atoms with Crippen LogP contribution in [0, 0.1) is 6.92 Å². The summed E-state index contributed by atoms with van der Waals surface area (Å²) in [5, 5.41) is 9.46. The van der Waals surface area contributed by atoms with Crippen molar-refractivity contribution < 1.29 is 9.52 Å². The van der Waals surface area contributed by atoms with Crippen molar-refractivity contribution in [2.75, 3.05) is 0 Å². The van der Waals surface area contributed by atoms with Crippen molar-refractivity contribution in [2.24, 2.45) is 0 Å². The van der Waals surface area contributed by atoms with Crippen LogP contribution in [-0.2, 0) is 0 Å². The van der Waals surface area contributed by atoms with E-state index in [1.807, 2.05) is 6.92 Å². The Morgan fingerprint density at radius 3 is 3.00 bits per heavy atom. The van der Waals surface area contributed by atoms with E-state index >= 15 is 0 Å². The predicted octanol–water partition coefficient (Wildman–Crippen LogP) is 2.20. The SMILES string of the molecule is C=CCC(O)c1ccoc1C. The van der Waals surface area contributed by atoms with Crippen LogP contribution in [0.15, 0.2) is 29.4 Å². The molecule has 1 unspecified atom stereocenters. The molecule has 11 heavy (non-hydrogen) atoms. The molecule has 0 spiro atoms. The maximum atomic E-state index is 9.46. The summed E-state index contributed by atoms with van der Waals surface area (Å²) in [7, 11) is 0. The second-order valence-electron chi connectivity index (χ2n) is 2.47. The number of furan rings is 1. The monoisotopic (exact) mass is 152 g/mol. The molecule has 1 rings (SSSR count). The van der Waals surface area contributed by atoms with Crippen molar-refractivity contribution in [1.29, 1.82) is 0 Å². The second kappa shape index (κ2) is 3.39. The summed E-state index contributed by atoms with van der Waals surface area (Å²) in [5.74, 6) is 0.777. The van der Waals surface area contributed by atoms with Crippen LogP contribution in [0.3, 0.4) is 0 Å². The molecule has 0 aliphatic carbocycles. The predicted molar refractivity (Wildman–Crippen MR) is 43.2 cm³/mol. The minimum atomic E-state index is -0.466. The van der Waals surface area contributed by atoms with Crippen LogP contribution in [0.5, 0.6) is 0 Å². The van der Waals surface area contributed by atoms with Gasteiger partial charge in [-0.15, -0.1) is 6.58 Å². The average Bonchev–Trinajstić information content (AvgIpc) is 2.36. The summed E-state index contributed by atoms with van der Waals surface area (Å²) in [6.45, 7) is 5.38. The Morgan fingerprint density at radius 1 is 1.82 bits per heavy atom. The summed E-state index contributed by atoms with van der Waals surface area (Å²) in [5.41, 5.74) is 0.852. The lowest BCUT2D eigenvalue weighted by Crippen LogP contribution is -1.94. The molecule has 0 saturated heterocycles. The molecule has 0 radical (unpaired) electrons. The highest BCUT2D eigenvalue weighted by molar-refractivity contribution is 5.18. The fourth-order valence-corrected chi connectivity index (χ4v) is 1.03. The first-order valence-corrected chi connectivity index (χ1v) is 3.58. The maximum absolute atomic E-state index is 9.46. The molecule has 0 fully saturated rings. The quantitative estimate of drug-likeness (QED) is 0.673. The van der Waals surface area contributed by atoms with Crippen LogP contribution in [0.4, 0.5) is 0 Å². The first kappa shape index (κ1) is 8.08. The molecule has 60 valence electrons. The number of rotatable bonds is 3. The van der Waals surface area contributed by atoms with E-state index in [0.29, 0.717) is 6.42 Å². The molecule has 1 aromatic rings. The minimum Gasteiger partial charge on any atom is -0.469 e. The van der Waals surface area contributed by atoms with Crippen LogP contribution < -0.4 is 0 Å². The number of aliphatic hydroxyl groups is 1. The third kappa shape index (κ3) is 1.71. The third-order valence-corrected chi connectivity index (χ3v) is 1.65. The number of hydrogen-bond acceptors (Lipinski definition) is 2. The van der Waals surface area contributed by atoms with E-state index in [0.717, 1.165) is 11.3 Å². The maximum Gasteiger partial charge on any atom is 0.106 e. The summed E-state index contributed by atoms with van der Waals surface area (Å²) < 4.78 is 5.04. The zero-order chi connectivity index (χ0) is 8.27. The summed E-state index contributed by atoms with van der Waals surface area (Å²) >= 11 is 0. The van der Waals surface area contributed by atoms with Gasteiger partial charge in [0, 0.05) is 5.56 Å². The number of hydrogen-bond donors (Lipinski definition) is 1. The smallest absolute Gasteiger partial charge is 0.106 e. The van der Waals surface area contributed by atoms with Crippen LogP contribution in [0.2, 0.25) is 0 Å². The Balaban J connectivity index is 2.74. The molecule has 2 heteroatoms. The molecule has 0 saturated carbocycles. The number of aliphatic hydroxyl groups excluding tert-OH is 1. The first-order chi connectivity index (χ1) is 5.25. The average molecular weight is 152 g/mol. The van der Waals surface area contributed by atoms with Gasteiger partial charge in [-0.25, -0.2) is 0 Å². The standard InChI is InChI=1S/C9H12O2/c1-3-4-9(10)8-5-6-11-7(8)2/h3,5-6,9-10H,1,4H2,2H3. The van der Waals surface area contributed by atoms with Gasteiger partial charge < -0.3 is 9.52 Å². The van der Waals surface area contributed by atoms with Gasteiger partial charge in [-0.1, -0.05) is 6.08 Å². The first-order valence-electron chi connectivity index (χ1n) is 3.58. The second-order valence-corrected chi connectivity index (χ2v) is 2.47. The fourth-order valence-electron chi connectivity index (χ4n) is 1.03. The van der Waals surface area contributed by atoms with E-state index in [-0.39, 0.29) is 0 Å². The third-order valence-electron chi connectivity index (χ3n) is 1.65. The lowest BCUT2D eigenvalue weighted by atomic mass is 10.1. The van der Waals surface area contributed by atoms with Crippen molar-refractivity contribution in [3.8, 4) is 0 Å². The lowest BCUT2D eigenvalue weighted by Gasteiger charge is -2.04. The van der Waals surface area contributed by atoms with Gasteiger partial charge in [-0.05, 0) is 19.4 Å². The molecule has 0 aliphatic rings. The van der Waals surface area contributed by atoms with Gasteiger partial charge in [0.15, 0.2) is 0 Å². The van der Waals surface area contributed by atoms with Crippen LogP contribution in [0.25, 0.3) is 0 Å². The van der Waals surface area contributed by atoms with E-state index in [9.17, 15) is 5.11 Å². The highest BCUT2D eigenvalue weighted by atomic mass is 16.3. The highest BCUT2D eigenvalue weighted by Gasteiger charge is 2.09. The van der Waals surface area contributed by atoms with E-state index in [2.05, 4.69) is 6.58 Å². The zero-order valence-corrected chi connectivity index (χ0v) is 6.58. The van der Waals surface area contributed by atoms with Gasteiger partial charge in [0.05, 0.1) is 12.4 Å².